The molecule has 0 rings (SSSR count). The molecule has 0 saturated heterocycles. The molecule has 0 aliphatic carbocycles. The van der Waals surface area contributed by atoms with Gasteiger partial charge >= 0.3 is 0 Å². The smallest absolute Gasteiger partial charge is 0.139 e. The van der Waals surface area contributed by atoms with Gasteiger partial charge in [0.2, 0.25) is 0 Å². The molecule has 0 aromatic heterocycles. The maximum atomic E-state index is 8.21. The van der Waals surface area contributed by atoms with Crippen LogP contribution in [0, 0.1) is 0 Å². The van der Waals surface area contributed by atoms with Gasteiger partial charge < -0.3 is 15.7 Å². The third-order valence-corrected chi connectivity index (χ3v) is 1.68. The van der Waals surface area contributed by atoms with E-state index in [1.807, 2.05) is 6.92 Å². The van der Waals surface area contributed by atoms with Crippen LogP contribution in [0.5, 0.6) is 0 Å². The van der Waals surface area contributed by atoms with Crippen molar-refractivity contribution in [3.8, 4) is 0 Å². The first kappa shape index (κ1) is 11.2. The summed E-state index contributed by atoms with van der Waals surface area (Å²) in [4.78, 5) is 0. The fraction of sp³-hybridized carbons (Fsp3) is 0.875. The van der Waals surface area contributed by atoms with Crippen molar-refractivity contribution in [1.82, 2.24) is 0 Å². The van der Waals surface area contributed by atoms with Gasteiger partial charge in [0.05, 0.1) is 6.10 Å². The SMILES string of the molecule is CCC(C)OCCCC(N)=NO. The molecule has 3 N–H and O–H groups in total. The molecular weight excluding hydrogens is 156 g/mol. The van der Waals surface area contributed by atoms with Crippen molar-refractivity contribution in [2.24, 2.45) is 10.9 Å². The number of hydrogen-bond acceptors (Lipinski definition) is 3. The summed E-state index contributed by atoms with van der Waals surface area (Å²) < 4.78 is 5.39. The van der Waals surface area contributed by atoms with Gasteiger partial charge in [0.25, 0.3) is 0 Å². The lowest BCUT2D eigenvalue weighted by Crippen LogP contribution is -2.14. The van der Waals surface area contributed by atoms with Crippen molar-refractivity contribution >= 4 is 5.84 Å². The highest BCUT2D eigenvalue weighted by molar-refractivity contribution is 5.79. The van der Waals surface area contributed by atoms with Crippen LogP contribution in [0.4, 0.5) is 0 Å². The number of hydrogen-bond donors (Lipinski definition) is 2. The quantitative estimate of drug-likeness (QED) is 0.210. The fourth-order valence-electron chi connectivity index (χ4n) is 0.706. The first-order valence-corrected chi connectivity index (χ1v) is 4.28. The third kappa shape index (κ3) is 5.97. The average Bonchev–Trinajstić information content (AvgIpc) is 2.11. The van der Waals surface area contributed by atoms with Gasteiger partial charge in [0.1, 0.15) is 5.84 Å². The predicted octanol–water partition coefficient (Wildman–Crippen LogP) is 1.33. The standard InChI is InChI=1S/C8H18N2O2/c1-3-7(2)12-6-4-5-8(9)10-11/h7,11H,3-6H2,1-2H3,(H2,9,10). The maximum Gasteiger partial charge on any atom is 0.139 e. The number of nitrogens with zero attached hydrogens (tertiary/aromatic N) is 1. The lowest BCUT2D eigenvalue weighted by atomic mass is 10.3. The van der Waals surface area contributed by atoms with Crippen LogP contribution in [0.15, 0.2) is 5.16 Å². The highest BCUT2D eigenvalue weighted by Gasteiger charge is 1.98. The second kappa shape index (κ2) is 6.91. The Kier molecular flexibility index (Phi) is 6.47. The van der Waals surface area contributed by atoms with Crippen molar-refractivity contribution in [3.63, 3.8) is 0 Å². The molecule has 0 fully saturated rings. The summed E-state index contributed by atoms with van der Waals surface area (Å²) in [6, 6.07) is 0. The molecule has 72 valence electrons. The molecular formula is C8H18N2O2. The average molecular weight is 174 g/mol. The van der Waals surface area contributed by atoms with Crippen molar-refractivity contribution in [1.29, 1.82) is 0 Å². The van der Waals surface area contributed by atoms with E-state index in [1.54, 1.807) is 0 Å². The Hall–Kier alpha value is -0.770. The number of oxime groups is 1. The summed E-state index contributed by atoms with van der Waals surface area (Å²) in [5.74, 6) is 0.266. The molecule has 1 unspecified atom stereocenters. The van der Waals surface area contributed by atoms with E-state index < -0.39 is 0 Å². The minimum absolute atomic E-state index is 0.266. The number of ether oxygens (including phenoxy) is 1. The molecule has 0 aliphatic rings. The number of amidine groups is 1. The van der Waals surface area contributed by atoms with Crippen molar-refractivity contribution < 1.29 is 9.94 Å². The largest absolute Gasteiger partial charge is 0.409 e. The van der Waals surface area contributed by atoms with Gasteiger partial charge in [-0.25, -0.2) is 0 Å². The van der Waals surface area contributed by atoms with Crippen molar-refractivity contribution in [2.45, 2.75) is 39.2 Å². The summed E-state index contributed by atoms with van der Waals surface area (Å²) in [5, 5.41) is 11.1. The van der Waals surface area contributed by atoms with Gasteiger partial charge in [-0.1, -0.05) is 12.1 Å². The van der Waals surface area contributed by atoms with Crippen LogP contribution < -0.4 is 5.73 Å². The van der Waals surface area contributed by atoms with Crippen LogP contribution in [-0.4, -0.2) is 23.8 Å². The summed E-state index contributed by atoms with van der Waals surface area (Å²) in [5.41, 5.74) is 5.27. The van der Waals surface area contributed by atoms with Crippen LogP contribution in [0.3, 0.4) is 0 Å². The van der Waals surface area contributed by atoms with E-state index >= 15 is 0 Å². The van der Waals surface area contributed by atoms with E-state index in [9.17, 15) is 0 Å². The van der Waals surface area contributed by atoms with Crippen LogP contribution in [0.25, 0.3) is 0 Å². The Balaban J connectivity index is 3.21. The Morgan fingerprint density at radius 2 is 2.33 bits per heavy atom. The van der Waals surface area contributed by atoms with Gasteiger partial charge in [-0.3, -0.25) is 0 Å². The zero-order chi connectivity index (χ0) is 9.40. The second-order valence-electron chi connectivity index (χ2n) is 2.78. The van der Waals surface area contributed by atoms with Gasteiger partial charge in [0.15, 0.2) is 0 Å². The normalized spacial score (nSPS) is 14.7. The lowest BCUT2D eigenvalue weighted by Gasteiger charge is -2.09. The van der Waals surface area contributed by atoms with E-state index in [1.165, 1.54) is 0 Å². The molecule has 1 atom stereocenters. The fourth-order valence-corrected chi connectivity index (χ4v) is 0.706. The predicted molar refractivity (Wildman–Crippen MR) is 48.3 cm³/mol. The van der Waals surface area contributed by atoms with E-state index in [2.05, 4.69) is 12.1 Å². The molecule has 0 spiro atoms. The summed E-state index contributed by atoms with van der Waals surface area (Å²) in [6.07, 6.45) is 2.72. The highest BCUT2D eigenvalue weighted by Crippen LogP contribution is 1.98. The van der Waals surface area contributed by atoms with Crippen molar-refractivity contribution in [2.75, 3.05) is 6.61 Å². The minimum atomic E-state index is 0.266. The molecule has 4 heteroatoms. The van der Waals surface area contributed by atoms with Crippen LogP contribution in [0.2, 0.25) is 0 Å². The molecule has 0 radical (unpaired) electrons. The monoisotopic (exact) mass is 174 g/mol. The van der Waals surface area contributed by atoms with E-state index in [0.29, 0.717) is 19.1 Å². The number of nitrogens with two attached hydrogens (primary N) is 1. The molecule has 0 heterocycles. The maximum absolute atomic E-state index is 8.21. The lowest BCUT2D eigenvalue weighted by molar-refractivity contribution is 0.0628. The van der Waals surface area contributed by atoms with E-state index in [4.69, 9.17) is 15.7 Å². The Morgan fingerprint density at radius 1 is 1.67 bits per heavy atom. The molecule has 0 saturated carbocycles. The van der Waals surface area contributed by atoms with E-state index in [0.717, 1.165) is 12.8 Å². The molecule has 12 heavy (non-hydrogen) atoms. The molecule has 0 bridgehead atoms. The third-order valence-electron chi connectivity index (χ3n) is 1.68. The molecule has 0 amide bonds. The van der Waals surface area contributed by atoms with E-state index in [-0.39, 0.29) is 5.84 Å². The van der Waals surface area contributed by atoms with Crippen LogP contribution >= 0.6 is 0 Å². The van der Waals surface area contributed by atoms with Crippen LogP contribution in [-0.2, 0) is 4.74 Å². The van der Waals surface area contributed by atoms with Crippen LogP contribution in [0.1, 0.15) is 33.1 Å². The van der Waals surface area contributed by atoms with Crippen molar-refractivity contribution in [3.05, 3.63) is 0 Å². The molecule has 0 aromatic rings. The van der Waals surface area contributed by atoms with Gasteiger partial charge in [-0.05, 0) is 19.8 Å². The first-order valence-electron chi connectivity index (χ1n) is 4.28. The summed E-state index contributed by atoms with van der Waals surface area (Å²) in [6.45, 7) is 4.78. The van der Waals surface area contributed by atoms with Gasteiger partial charge in [-0.15, -0.1) is 0 Å². The molecule has 0 aliphatic heterocycles. The Labute approximate surface area is 73.4 Å². The summed E-state index contributed by atoms with van der Waals surface area (Å²) in [7, 11) is 0. The second-order valence-corrected chi connectivity index (χ2v) is 2.78. The van der Waals surface area contributed by atoms with Gasteiger partial charge in [-0.2, -0.15) is 0 Å². The highest BCUT2D eigenvalue weighted by atomic mass is 16.5. The minimum Gasteiger partial charge on any atom is -0.409 e. The zero-order valence-electron chi connectivity index (χ0n) is 7.79. The zero-order valence-corrected chi connectivity index (χ0v) is 7.79. The number of rotatable bonds is 6. The van der Waals surface area contributed by atoms with Gasteiger partial charge in [0, 0.05) is 13.0 Å². The molecule has 4 nitrogen and oxygen atoms in total. The topological polar surface area (TPSA) is 67.8 Å². The Bertz CT molecular complexity index is 137. The Morgan fingerprint density at radius 3 is 2.83 bits per heavy atom. The molecule has 0 aromatic carbocycles. The summed E-state index contributed by atoms with van der Waals surface area (Å²) >= 11 is 0. The first-order chi connectivity index (χ1) is 5.70.